The zero-order valence-corrected chi connectivity index (χ0v) is 36.3. The van der Waals surface area contributed by atoms with Crippen LogP contribution in [0.1, 0.15) is 0 Å². The number of hydrogen-bond acceptors (Lipinski definition) is 1. The third-order valence-electron chi connectivity index (χ3n) is 13.0. The molecule has 0 amide bonds. The van der Waals surface area contributed by atoms with E-state index in [1.165, 1.54) is 82.6 Å². The summed E-state index contributed by atoms with van der Waals surface area (Å²) < 4.78 is 2.41. The maximum Gasteiger partial charge on any atom is 0.0546 e. The number of anilines is 3. The summed E-state index contributed by atoms with van der Waals surface area (Å²) in [5.74, 6) is 0. The molecule has 0 saturated heterocycles. The van der Waals surface area contributed by atoms with Gasteiger partial charge in [0.1, 0.15) is 0 Å². The quantitative estimate of drug-likeness (QED) is 0.141. The topological polar surface area (TPSA) is 8.17 Å². The number of benzene rings is 11. The monoisotopic (exact) mass is 840 g/mol. The van der Waals surface area contributed by atoms with Crippen molar-refractivity contribution in [3.8, 4) is 61.3 Å². The van der Waals surface area contributed by atoms with Gasteiger partial charge in [-0.3, -0.25) is 0 Å². The van der Waals surface area contributed by atoms with Crippen LogP contribution in [0.5, 0.6) is 0 Å². The molecule has 310 valence electrons. The Morgan fingerprint density at radius 2 is 0.742 bits per heavy atom. The van der Waals surface area contributed by atoms with Crippen LogP contribution in [-0.4, -0.2) is 4.57 Å². The lowest BCUT2D eigenvalue weighted by Gasteiger charge is -2.30. The van der Waals surface area contributed by atoms with Crippen molar-refractivity contribution >= 4 is 49.6 Å². The smallest absolute Gasteiger partial charge is 0.0546 e. The molecular formula is C64H44N2. The van der Waals surface area contributed by atoms with Crippen molar-refractivity contribution in [1.82, 2.24) is 4.57 Å². The van der Waals surface area contributed by atoms with Gasteiger partial charge in [0.15, 0.2) is 0 Å². The van der Waals surface area contributed by atoms with Crippen LogP contribution in [0.4, 0.5) is 17.1 Å². The van der Waals surface area contributed by atoms with Crippen molar-refractivity contribution in [3.63, 3.8) is 0 Å². The fraction of sp³-hybridized carbons (Fsp3) is 0. The summed E-state index contributed by atoms with van der Waals surface area (Å²) in [6.07, 6.45) is 0. The SMILES string of the molecule is c1ccc(-c2ccccc2-c2c(-c3ccccc3)cccc2N(c2ccc(-c3ccc(-c4cccc5ccccc45)cc3)cc2)c2cccc(-n3c4ccccc4c4ccccc43)c2)cc1. The molecule has 0 unspecified atom stereocenters. The van der Waals surface area contributed by atoms with Crippen LogP contribution in [0.25, 0.3) is 93.9 Å². The maximum atomic E-state index is 2.45. The zero-order valence-electron chi connectivity index (χ0n) is 36.3. The summed E-state index contributed by atoms with van der Waals surface area (Å²) in [7, 11) is 0. The Labute approximate surface area is 385 Å². The first-order chi connectivity index (χ1) is 32.8. The van der Waals surface area contributed by atoms with Gasteiger partial charge in [-0.15, -0.1) is 0 Å². The molecule has 0 atom stereocenters. The predicted molar refractivity (Wildman–Crippen MR) is 280 cm³/mol. The van der Waals surface area contributed by atoms with Crippen LogP contribution in [0.15, 0.2) is 267 Å². The maximum absolute atomic E-state index is 2.45. The Balaban J connectivity index is 1.05. The molecule has 0 aliphatic carbocycles. The van der Waals surface area contributed by atoms with Gasteiger partial charge in [-0.05, 0) is 109 Å². The van der Waals surface area contributed by atoms with E-state index in [1.807, 2.05) is 0 Å². The van der Waals surface area contributed by atoms with E-state index >= 15 is 0 Å². The number of nitrogens with zero attached hydrogens (tertiary/aromatic N) is 2. The lowest BCUT2D eigenvalue weighted by Crippen LogP contribution is -2.12. The molecule has 12 rings (SSSR count). The van der Waals surface area contributed by atoms with Gasteiger partial charge in [-0.1, -0.05) is 218 Å². The van der Waals surface area contributed by atoms with Gasteiger partial charge in [0, 0.05) is 33.4 Å². The molecule has 0 radical (unpaired) electrons. The molecular weight excluding hydrogens is 797 g/mol. The van der Waals surface area contributed by atoms with E-state index in [0.29, 0.717) is 0 Å². The Hall–Kier alpha value is -8.72. The molecule has 0 fully saturated rings. The van der Waals surface area contributed by atoms with Crippen molar-refractivity contribution in [2.45, 2.75) is 0 Å². The van der Waals surface area contributed by atoms with Gasteiger partial charge in [0.05, 0.1) is 16.7 Å². The van der Waals surface area contributed by atoms with Crippen LogP contribution >= 0.6 is 0 Å². The summed E-state index contributed by atoms with van der Waals surface area (Å²) in [5, 5.41) is 5.00. The Bertz CT molecular complexity index is 3620. The average molecular weight is 841 g/mol. The minimum atomic E-state index is 1.06. The van der Waals surface area contributed by atoms with Gasteiger partial charge >= 0.3 is 0 Å². The molecule has 0 spiro atoms. The van der Waals surface area contributed by atoms with Crippen LogP contribution in [0.2, 0.25) is 0 Å². The zero-order chi connectivity index (χ0) is 43.8. The number of rotatable bonds is 9. The predicted octanol–water partition coefficient (Wildman–Crippen LogP) is 17.7. The van der Waals surface area contributed by atoms with Crippen LogP contribution in [0.3, 0.4) is 0 Å². The fourth-order valence-electron chi connectivity index (χ4n) is 9.96. The van der Waals surface area contributed by atoms with Crippen molar-refractivity contribution in [1.29, 1.82) is 0 Å². The largest absolute Gasteiger partial charge is 0.310 e. The number of para-hydroxylation sites is 2. The highest BCUT2D eigenvalue weighted by atomic mass is 15.1. The van der Waals surface area contributed by atoms with Crippen molar-refractivity contribution in [3.05, 3.63) is 267 Å². The van der Waals surface area contributed by atoms with Gasteiger partial charge in [-0.2, -0.15) is 0 Å². The highest BCUT2D eigenvalue weighted by Gasteiger charge is 2.24. The van der Waals surface area contributed by atoms with Crippen LogP contribution < -0.4 is 4.90 Å². The summed E-state index contributed by atoms with van der Waals surface area (Å²) in [5.41, 5.74) is 18.5. The van der Waals surface area contributed by atoms with E-state index in [9.17, 15) is 0 Å². The van der Waals surface area contributed by atoms with E-state index < -0.39 is 0 Å². The lowest BCUT2D eigenvalue weighted by atomic mass is 9.87. The third kappa shape index (κ3) is 6.93. The van der Waals surface area contributed by atoms with Gasteiger partial charge in [-0.25, -0.2) is 0 Å². The summed E-state index contributed by atoms with van der Waals surface area (Å²) in [6.45, 7) is 0. The van der Waals surface area contributed by atoms with Crippen molar-refractivity contribution in [2.75, 3.05) is 4.90 Å². The van der Waals surface area contributed by atoms with Crippen molar-refractivity contribution < 1.29 is 0 Å². The van der Waals surface area contributed by atoms with E-state index in [1.54, 1.807) is 0 Å². The number of aromatic nitrogens is 1. The second-order valence-corrected chi connectivity index (χ2v) is 16.9. The Kier molecular flexibility index (Phi) is 9.89. The molecule has 0 aliphatic rings. The van der Waals surface area contributed by atoms with E-state index in [0.717, 1.165) is 28.3 Å². The molecule has 11 aromatic carbocycles. The molecule has 1 heterocycles. The van der Waals surface area contributed by atoms with Crippen LogP contribution in [-0.2, 0) is 0 Å². The standard InChI is InChI=1S/C64H44N2/c1-3-18-47(19-4-1)56-27-9-10-30-60(56)64-57(49-20-5-2-6-21-49)32-17-35-63(64)65(52-24-16-25-53(44-52)66-61-33-13-11-28-58(61)59-29-12-14-34-62(59)66)51-42-40-46(41-43-51)45-36-38-50(39-37-45)55-31-15-23-48-22-7-8-26-54(48)55/h1-44H. The van der Waals surface area contributed by atoms with Gasteiger partial charge in [0.25, 0.3) is 0 Å². The summed E-state index contributed by atoms with van der Waals surface area (Å²) in [4.78, 5) is 2.45. The minimum absolute atomic E-state index is 1.06. The average Bonchev–Trinajstić information content (AvgIpc) is 3.74. The molecule has 66 heavy (non-hydrogen) atoms. The Morgan fingerprint density at radius 1 is 0.273 bits per heavy atom. The second kappa shape index (κ2) is 16.8. The molecule has 0 saturated carbocycles. The molecule has 0 aliphatic heterocycles. The first kappa shape index (κ1) is 38.9. The van der Waals surface area contributed by atoms with Crippen molar-refractivity contribution in [2.24, 2.45) is 0 Å². The first-order valence-corrected chi connectivity index (χ1v) is 22.7. The summed E-state index contributed by atoms with van der Waals surface area (Å²) >= 11 is 0. The van der Waals surface area contributed by atoms with E-state index in [4.69, 9.17) is 0 Å². The molecule has 0 bridgehead atoms. The molecule has 2 nitrogen and oxygen atoms in total. The summed E-state index contributed by atoms with van der Waals surface area (Å²) in [6, 6.07) is 97.0. The van der Waals surface area contributed by atoms with E-state index in [2.05, 4.69) is 276 Å². The van der Waals surface area contributed by atoms with E-state index in [-0.39, 0.29) is 0 Å². The highest BCUT2D eigenvalue weighted by Crippen LogP contribution is 2.48. The first-order valence-electron chi connectivity index (χ1n) is 22.7. The fourth-order valence-corrected chi connectivity index (χ4v) is 9.96. The molecule has 2 heteroatoms. The normalized spacial score (nSPS) is 11.3. The number of fused-ring (bicyclic) bond motifs is 4. The minimum Gasteiger partial charge on any atom is -0.310 e. The van der Waals surface area contributed by atoms with Crippen LogP contribution in [0, 0.1) is 0 Å². The lowest BCUT2D eigenvalue weighted by molar-refractivity contribution is 1.17. The Morgan fingerprint density at radius 3 is 1.44 bits per heavy atom. The second-order valence-electron chi connectivity index (χ2n) is 16.9. The molecule has 1 aromatic heterocycles. The van der Waals surface area contributed by atoms with Gasteiger partial charge in [0.2, 0.25) is 0 Å². The van der Waals surface area contributed by atoms with Gasteiger partial charge < -0.3 is 9.47 Å². The molecule has 0 N–H and O–H groups in total. The molecule has 12 aromatic rings. The third-order valence-corrected chi connectivity index (χ3v) is 13.0. The number of hydrogen-bond donors (Lipinski definition) is 0. The highest BCUT2D eigenvalue weighted by molar-refractivity contribution is 6.09.